The molecule has 1 saturated carbocycles. The highest BCUT2D eigenvalue weighted by Gasteiger charge is 2.24. The zero-order valence-electron chi connectivity index (χ0n) is 12.5. The molecule has 1 aliphatic carbocycles. The minimum atomic E-state index is 0.505. The van der Waals surface area contributed by atoms with Gasteiger partial charge in [0.2, 0.25) is 0 Å². The zero-order valence-corrected chi connectivity index (χ0v) is 13.3. The number of nitrogens with zero attached hydrogens (tertiary/aromatic N) is 1. The molecule has 0 aliphatic heterocycles. The summed E-state index contributed by atoms with van der Waals surface area (Å²) in [6.45, 7) is 1.01. The molecule has 3 heteroatoms. The van der Waals surface area contributed by atoms with E-state index >= 15 is 0 Å². The van der Waals surface area contributed by atoms with Crippen LogP contribution in [0.3, 0.4) is 0 Å². The van der Waals surface area contributed by atoms with Gasteiger partial charge in [-0.1, -0.05) is 49.6 Å². The van der Waals surface area contributed by atoms with Crippen LogP contribution in [0.4, 0.5) is 0 Å². The van der Waals surface area contributed by atoms with Crippen LogP contribution in [0.15, 0.2) is 41.2 Å². The lowest BCUT2D eigenvalue weighted by molar-refractivity contribution is 0.272. The van der Waals surface area contributed by atoms with E-state index in [2.05, 4.69) is 46.0 Å². The first-order valence-corrected chi connectivity index (χ1v) is 9.03. The Morgan fingerprint density at radius 2 is 1.95 bits per heavy atom. The van der Waals surface area contributed by atoms with Crippen molar-refractivity contribution >= 4 is 11.3 Å². The van der Waals surface area contributed by atoms with E-state index in [1.165, 1.54) is 43.4 Å². The fourth-order valence-corrected chi connectivity index (χ4v) is 3.99. The second-order valence-electron chi connectivity index (χ2n) is 5.97. The first kappa shape index (κ1) is 14.7. The van der Waals surface area contributed by atoms with E-state index in [-0.39, 0.29) is 0 Å². The first-order valence-electron chi connectivity index (χ1n) is 8.09. The van der Waals surface area contributed by atoms with Crippen LogP contribution in [0.1, 0.15) is 49.4 Å². The smallest absolute Gasteiger partial charge is 0.0794 e. The molecule has 1 fully saturated rings. The second kappa shape index (κ2) is 7.71. The summed E-state index contributed by atoms with van der Waals surface area (Å²) < 4.78 is 0. The molecule has 21 heavy (non-hydrogen) atoms. The third-order valence-corrected chi connectivity index (χ3v) is 5.14. The summed E-state index contributed by atoms with van der Waals surface area (Å²) in [6, 6.07) is 11.5. The maximum Gasteiger partial charge on any atom is 0.0794 e. The summed E-state index contributed by atoms with van der Waals surface area (Å²) in [4.78, 5) is 4.38. The standard InChI is InChI=1S/C18H24N2S/c1-3-7-15(8-4-1)18(16-9-5-2-6-10-16)19-12-11-17-13-21-14-20-17/h1,3-4,7-8,13-14,16,18-19H,2,5-6,9-12H2. The SMILES string of the molecule is c1ccc(C(NCCc2cscn2)C2CCCCC2)cc1. The van der Waals surface area contributed by atoms with Gasteiger partial charge in [-0.25, -0.2) is 4.98 Å². The van der Waals surface area contributed by atoms with Crippen molar-refractivity contribution in [3.8, 4) is 0 Å². The summed E-state index contributed by atoms with van der Waals surface area (Å²) in [5.41, 5.74) is 4.58. The number of hydrogen-bond acceptors (Lipinski definition) is 3. The second-order valence-corrected chi connectivity index (χ2v) is 6.69. The summed E-state index contributed by atoms with van der Waals surface area (Å²) >= 11 is 1.68. The number of hydrogen-bond donors (Lipinski definition) is 1. The van der Waals surface area contributed by atoms with Gasteiger partial charge >= 0.3 is 0 Å². The highest BCUT2D eigenvalue weighted by Crippen LogP contribution is 2.34. The Balaban J connectivity index is 1.63. The normalized spacial score (nSPS) is 17.7. The Morgan fingerprint density at radius 3 is 2.67 bits per heavy atom. The van der Waals surface area contributed by atoms with Crippen LogP contribution in [-0.4, -0.2) is 11.5 Å². The predicted molar refractivity (Wildman–Crippen MR) is 89.6 cm³/mol. The highest BCUT2D eigenvalue weighted by atomic mass is 32.1. The third kappa shape index (κ3) is 4.14. The van der Waals surface area contributed by atoms with Crippen LogP contribution < -0.4 is 5.32 Å². The van der Waals surface area contributed by atoms with Crippen LogP contribution in [-0.2, 0) is 6.42 Å². The Kier molecular flexibility index (Phi) is 5.41. The highest BCUT2D eigenvalue weighted by molar-refractivity contribution is 7.07. The molecule has 1 N–H and O–H groups in total. The van der Waals surface area contributed by atoms with E-state index in [1.807, 2.05) is 5.51 Å². The minimum Gasteiger partial charge on any atom is -0.309 e. The van der Waals surface area contributed by atoms with Gasteiger partial charge in [-0.2, -0.15) is 0 Å². The van der Waals surface area contributed by atoms with Crippen molar-refractivity contribution in [1.82, 2.24) is 10.3 Å². The molecular weight excluding hydrogens is 276 g/mol. The minimum absolute atomic E-state index is 0.505. The van der Waals surface area contributed by atoms with Gasteiger partial charge in [0, 0.05) is 24.4 Å². The molecule has 1 atom stereocenters. The van der Waals surface area contributed by atoms with Crippen molar-refractivity contribution < 1.29 is 0 Å². The summed E-state index contributed by atoms with van der Waals surface area (Å²) in [5, 5.41) is 5.96. The van der Waals surface area contributed by atoms with Crippen LogP contribution in [0.25, 0.3) is 0 Å². The molecule has 1 heterocycles. The molecule has 112 valence electrons. The number of aromatic nitrogens is 1. The molecular formula is C18H24N2S. The van der Waals surface area contributed by atoms with E-state index in [0.29, 0.717) is 6.04 Å². The lowest BCUT2D eigenvalue weighted by Gasteiger charge is -2.31. The Labute approximate surface area is 131 Å². The topological polar surface area (TPSA) is 24.9 Å². The van der Waals surface area contributed by atoms with Crippen molar-refractivity contribution in [2.45, 2.75) is 44.6 Å². The van der Waals surface area contributed by atoms with Crippen LogP contribution in [0, 0.1) is 5.92 Å². The largest absolute Gasteiger partial charge is 0.309 e. The van der Waals surface area contributed by atoms with Gasteiger partial charge in [-0.3, -0.25) is 0 Å². The van der Waals surface area contributed by atoms with E-state index in [1.54, 1.807) is 11.3 Å². The van der Waals surface area contributed by atoms with Crippen LogP contribution in [0.5, 0.6) is 0 Å². The molecule has 0 spiro atoms. The van der Waals surface area contributed by atoms with Crippen molar-refractivity contribution in [2.24, 2.45) is 5.92 Å². The van der Waals surface area contributed by atoms with Crippen LogP contribution >= 0.6 is 11.3 Å². The first-order chi connectivity index (χ1) is 10.4. The Hall–Kier alpha value is -1.19. The van der Waals surface area contributed by atoms with Crippen molar-refractivity contribution in [2.75, 3.05) is 6.54 Å². The van der Waals surface area contributed by atoms with Gasteiger partial charge in [-0.15, -0.1) is 11.3 Å². The Morgan fingerprint density at radius 1 is 1.14 bits per heavy atom. The van der Waals surface area contributed by atoms with Crippen molar-refractivity contribution in [3.63, 3.8) is 0 Å². The monoisotopic (exact) mass is 300 g/mol. The predicted octanol–water partition coefficient (Wildman–Crippen LogP) is 4.60. The fourth-order valence-electron chi connectivity index (χ4n) is 3.40. The zero-order chi connectivity index (χ0) is 14.3. The maximum atomic E-state index is 4.38. The summed E-state index contributed by atoms with van der Waals surface area (Å²) in [6.07, 6.45) is 7.95. The van der Waals surface area contributed by atoms with E-state index in [4.69, 9.17) is 0 Å². The van der Waals surface area contributed by atoms with E-state index in [0.717, 1.165) is 18.9 Å². The number of benzene rings is 1. The molecule has 0 bridgehead atoms. The molecule has 1 aliphatic rings. The van der Waals surface area contributed by atoms with Crippen LogP contribution in [0.2, 0.25) is 0 Å². The van der Waals surface area contributed by atoms with E-state index < -0.39 is 0 Å². The molecule has 0 radical (unpaired) electrons. The average Bonchev–Trinajstić information content (AvgIpc) is 3.07. The molecule has 0 amide bonds. The number of nitrogens with one attached hydrogen (secondary N) is 1. The van der Waals surface area contributed by atoms with Gasteiger partial charge in [-0.05, 0) is 24.3 Å². The van der Waals surface area contributed by atoms with Gasteiger partial charge in [0.25, 0.3) is 0 Å². The quantitative estimate of drug-likeness (QED) is 0.843. The van der Waals surface area contributed by atoms with Gasteiger partial charge in [0.05, 0.1) is 11.2 Å². The fraction of sp³-hybridized carbons (Fsp3) is 0.500. The molecule has 2 nitrogen and oxygen atoms in total. The summed E-state index contributed by atoms with van der Waals surface area (Å²) in [5.74, 6) is 0.789. The van der Waals surface area contributed by atoms with E-state index in [9.17, 15) is 0 Å². The number of thiazole rings is 1. The molecule has 0 saturated heterocycles. The Bertz CT molecular complexity index is 503. The third-order valence-electron chi connectivity index (χ3n) is 4.51. The van der Waals surface area contributed by atoms with Crippen molar-refractivity contribution in [3.05, 3.63) is 52.5 Å². The lowest BCUT2D eigenvalue weighted by Crippen LogP contribution is -2.31. The molecule has 1 aromatic heterocycles. The summed E-state index contributed by atoms with van der Waals surface area (Å²) in [7, 11) is 0. The van der Waals surface area contributed by atoms with Crippen molar-refractivity contribution in [1.29, 1.82) is 0 Å². The number of rotatable bonds is 6. The maximum absolute atomic E-state index is 4.38. The lowest BCUT2D eigenvalue weighted by atomic mass is 9.81. The van der Waals surface area contributed by atoms with Gasteiger partial charge in [0.15, 0.2) is 0 Å². The van der Waals surface area contributed by atoms with Gasteiger partial charge < -0.3 is 5.32 Å². The van der Waals surface area contributed by atoms with Gasteiger partial charge in [0.1, 0.15) is 0 Å². The molecule has 1 unspecified atom stereocenters. The molecule has 1 aromatic carbocycles. The molecule has 3 rings (SSSR count). The average molecular weight is 300 g/mol. The molecule has 2 aromatic rings.